The van der Waals surface area contributed by atoms with Gasteiger partial charge in [0.05, 0.1) is 5.75 Å². The third-order valence-electron chi connectivity index (χ3n) is 4.30. The van der Waals surface area contributed by atoms with Crippen LogP contribution in [0.5, 0.6) is 0 Å². The first-order valence-corrected chi connectivity index (χ1v) is 10.6. The first-order chi connectivity index (χ1) is 14.1. The Morgan fingerprint density at radius 2 is 1.93 bits per heavy atom. The summed E-state index contributed by atoms with van der Waals surface area (Å²) in [6, 6.07) is 15.2. The largest absolute Gasteiger partial charge is 0.385 e. The second-order valence-electron chi connectivity index (χ2n) is 6.46. The van der Waals surface area contributed by atoms with Crippen LogP contribution in [0.2, 0.25) is 5.02 Å². The maximum absolute atomic E-state index is 12.4. The fourth-order valence-corrected chi connectivity index (χ4v) is 3.70. The monoisotopic (exact) mass is 430 g/mol. The molecule has 0 unspecified atom stereocenters. The van der Waals surface area contributed by atoms with Crippen molar-refractivity contribution in [2.75, 3.05) is 24.8 Å². The number of nitrogens with one attached hydrogen (secondary N) is 1. The van der Waals surface area contributed by atoms with Crippen molar-refractivity contribution in [3.05, 3.63) is 59.1 Å². The molecule has 2 aromatic carbocycles. The number of halogens is 1. The maximum atomic E-state index is 12.4. The number of anilines is 1. The molecule has 0 aliphatic carbocycles. The Bertz CT molecular complexity index is 960. The minimum absolute atomic E-state index is 0.0798. The Kier molecular flexibility index (Phi) is 7.69. The van der Waals surface area contributed by atoms with Crippen molar-refractivity contribution in [1.82, 2.24) is 14.8 Å². The predicted molar refractivity (Wildman–Crippen MR) is 117 cm³/mol. The number of hydrogen-bond acceptors (Lipinski definition) is 5. The van der Waals surface area contributed by atoms with Gasteiger partial charge in [-0.05, 0) is 49.2 Å². The molecule has 3 aromatic rings. The van der Waals surface area contributed by atoms with Crippen molar-refractivity contribution in [3.63, 3.8) is 0 Å². The summed E-state index contributed by atoms with van der Waals surface area (Å²) in [6.45, 7) is 3.30. The Morgan fingerprint density at radius 3 is 2.66 bits per heavy atom. The van der Waals surface area contributed by atoms with E-state index in [0.717, 1.165) is 29.1 Å². The minimum atomic E-state index is -0.0798. The molecule has 0 aliphatic heterocycles. The van der Waals surface area contributed by atoms with E-state index >= 15 is 0 Å². The molecule has 29 heavy (non-hydrogen) atoms. The molecular formula is C21H23ClN4O2S. The third-order valence-corrected chi connectivity index (χ3v) is 5.52. The van der Waals surface area contributed by atoms with Crippen LogP contribution in [-0.4, -0.2) is 40.1 Å². The molecule has 1 amide bonds. The van der Waals surface area contributed by atoms with Gasteiger partial charge in [-0.25, -0.2) is 0 Å². The van der Waals surface area contributed by atoms with E-state index < -0.39 is 0 Å². The van der Waals surface area contributed by atoms with E-state index in [1.165, 1.54) is 11.8 Å². The summed E-state index contributed by atoms with van der Waals surface area (Å²) in [4.78, 5) is 12.4. The average Bonchev–Trinajstić information content (AvgIpc) is 3.12. The third kappa shape index (κ3) is 5.82. The van der Waals surface area contributed by atoms with Gasteiger partial charge in [0.2, 0.25) is 5.91 Å². The number of aryl methyl sites for hydroxylation is 1. The molecule has 0 fully saturated rings. The van der Waals surface area contributed by atoms with Crippen LogP contribution in [0.15, 0.2) is 53.7 Å². The van der Waals surface area contributed by atoms with E-state index in [4.69, 9.17) is 16.3 Å². The highest BCUT2D eigenvalue weighted by molar-refractivity contribution is 7.99. The quantitative estimate of drug-likeness (QED) is 0.394. The van der Waals surface area contributed by atoms with Crippen LogP contribution >= 0.6 is 23.4 Å². The van der Waals surface area contributed by atoms with Crippen molar-refractivity contribution in [2.24, 2.45) is 0 Å². The van der Waals surface area contributed by atoms with E-state index in [1.54, 1.807) is 7.11 Å². The number of para-hydroxylation sites is 1. The second kappa shape index (κ2) is 10.4. The highest BCUT2D eigenvalue weighted by Crippen LogP contribution is 2.26. The number of aromatic nitrogens is 3. The molecule has 6 nitrogen and oxygen atoms in total. The van der Waals surface area contributed by atoms with Crippen molar-refractivity contribution in [3.8, 4) is 11.4 Å². The summed E-state index contributed by atoms with van der Waals surface area (Å²) in [5.41, 5.74) is 2.77. The number of thioether (sulfide) groups is 1. The summed E-state index contributed by atoms with van der Waals surface area (Å²) in [6.07, 6.45) is 0.818. The molecule has 0 radical (unpaired) electrons. The van der Waals surface area contributed by atoms with E-state index in [-0.39, 0.29) is 11.7 Å². The number of hydrogen-bond donors (Lipinski definition) is 1. The first kappa shape index (κ1) is 21.4. The van der Waals surface area contributed by atoms with E-state index in [0.29, 0.717) is 23.3 Å². The second-order valence-corrected chi connectivity index (χ2v) is 7.84. The summed E-state index contributed by atoms with van der Waals surface area (Å²) in [7, 11) is 1.68. The van der Waals surface area contributed by atoms with Crippen LogP contribution in [-0.2, 0) is 16.1 Å². The van der Waals surface area contributed by atoms with Gasteiger partial charge in [0, 0.05) is 36.5 Å². The van der Waals surface area contributed by atoms with Crippen LogP contribution in [0.25, 0.3) is 11.4 Å². The zero-order valence-corrected chi connectivity index (χ0v) is 18.0. The van der Waals surface area contributed by atoms with Gasteiger partial charge in [-0.2, -0.15) is 0 Å². The lowest BCUT2D eigenvalue weighted by atomic mass is 10.2. The van der Waals surface area contributed by atoms with Crippen molar-refractivity contribution in [2.45, 2.75) is 25.0 Å². The number of methoxy groups -OCH3 is 1. The lowest BCUT2D eigenvalue weighted by Crippen LogP contribution is -2.15. The molecule has 152 valence electrons. The molecule has 0 bridgehead atoms. The number of rotatable bonds is 9. The molecule has 1 N–H and O–H groups in total. The number of nitrogens with zero attached hydrogens (tertiary/aromatic N) is 3. The van der Waals surface area contributed by atoms with Crippen LogP contribution in [0, 0.1) is 6.92 Å². The molecule has 0 spiro atoms. The van der Waals surface area contributed by atoms with Crippen molar-refractivity contribution >= 4 is 35.0 Å². The predicted octanol–water partition coefficient (Wildman–Crippen LogP) is 4.67. The van der Waals surface area contributed by atoms with Crippen LogP contribution in [0.1, 0.15) is 12.0 Å². The lowest BCUT2D eigenvalue weighted by molar-refractivity contribution is -0.113. The van der Waals surface area contributed by atoms with Crippen LogP contribution in [0.3, 0.4) is 0 Å². The van der Waals surface area contributed by atoms with E-state index in [9.17, 15) is 4.79 Å². The van der Waals surface area contributed by atoms with Gasteiger partial charge in [0.25, 0.3) is 0 Å². The zero-order chi connectivity index (χ0) is 20.6. The topological polar surface area (TPSA) is 69.0 Å². The van der Waals surface area contributed by atoms with Gasteiger partial charge in [0.1, 0.15) is 0 Å². The van der Waals surface area contributed by atoms with Crippen molar-refractivity contribution < 1.29 is 9.53 Å². The first-order valence-electron chi connectivity index (χ1n) is 9.25. The SMILES string of the molecule is COCCCn1c(SCC(=O)Nc2ccccc2C)nnc1-c1ccc(Cl)cc1. The fourth-order valence-electron chi connectivity index (χ4n) is 2.81. The maximum Gasteiger partial charge on any atom is 0.234 e. The highest BCUT2D eigenvalue weighted by atomic mass is 35.5. The van der Waals surface area contributed by atoms with E-state index in [1.807, 2.05) is 60.0 Å². The van der Waals surface area contributed by atoms with Gasteiger partial charge < -0.3 is 14.6 Å². The molecule has 0 atom stereocenters. The van der Waals surface area contributed by atoms with Crippen molar-refractivity contribution in [1.29, 1.82) is 0 Å². The number of carbonyl (C=O) groups excluding carboxylic acids is 1. The van der Waals surface area contributed by atoms with Gasteiger partial charge in [-0.15, -0.1) is 10.2 Å². The molecule has 0 saturated heterocycles. The number of amides is 1. The number of carbonyl (C=O) groups is 1. The van der Waals surface area contributed by atoms with Crippen LogP contribution < -0.4 is 5.32 Å². The van der Waals surface area contributed by atoms with Gasteiger partial charge in [-0.3, -0.25) is 4.79 Å². The number of benzene rings is 2. The molecule has 0 saturated carbocycles. The minimum Gasteiger partial charge on any atom is -0.385 e. The molecule has 1 aromatic heterocycles. The van der Waals surface area contributed by atoms with Gasteiger partial charge in [-0.1, -0.05) is 41.6 Å². The molecule has 0 aliphatic rings. The molecular weight excluding hydrogens is 408 g/mol. The van der Waals surface area contributed by atoms with Gasteiger partial charge >= 0.3 is 0 Å². The zero-order valence-electron chi connectivity index (χ0n) is 16.4. The Hall–Kier alpha value is -2.35. The molecule has 1 heterocycles. The standard InChI is InChI=1S/C21H23ClN4O2S/c1-15-6-3-4-7-18(15)23-19(27)14-29-21-25-24-20(26(21)12-5-13-28-2)16-8-10-17(22)11-9-16/h3-4,6-11H,5,12-14H2,1-2H3,(H,23,27). The molecule has 8 heteroatoms. The smallest absolute Gasteiger partial charge is 0.234 e. The average molecular weight is 431 g/mol. The lowest BCUT2D eigenvalue weighted by Gasteiger charge is -2.11. The van der Waals surface area contributed by atoms with Crippen LogP contribution in [0.4, 0.5) is 5.69 Å². The highest BCUT2D eigenvalue weighted by Gasteiger charge is 2.16. The fraction of sp³-hybridized carbons (Fsp3) is 0.286. The summed E-state index contributed by atoms with van der Waals surface area (Å²) < 4.78 is 7.20. The Balaban J connectivity index is 1.73. The Labute approximate surface area is 179 Å². The molecule has 3 rings (SSSR count). The summed E-state index contributed by atoms with van der Waals surface area (Å²) in [5.74, 6) is 0.917. The summed E-state index contributed by atoms with van der Waals surface area (Å²) in [5, 5.41) is 13.0. The summed E-state index contributed by atoms with van der Waals surface area (Å²) >= 11 is 7.37. The van der Waals surface area contributed by atoms with Gasteiger partial charge in [0.15, 0.2) is 11.0 Å². The Morgan fingerprint density at radius 1 is 1.17 bits per heavy atom. The number of ether oxygens (including phenoxy) is 1. The normalized spacial score (nSPS) is 10.9. The van der Waals surface area contributed by atoms with E-state index in [2.05, 4.69) is 15.5 Å².